The van der Waals surface area contributed by atoms with E-state index < -0.39 is 24.0 Å². The van der Waals surface area contributed by atoms with Gasteiger partial charge in [-0.1, -0.05) is 23.7 Å². The number of hydrogen-bond donors (Lipinski definition) is 1. The van der Waals surface area contributed by atoms with E-state index in [1.807, 2.05) is 17.7 Å². The van der Waals surface area contributed by atoms with Crippen LogP contribution in [0.5, 0.6) is 17.2 Å². The number of aliphatic hydroxyl groups is 1. The summed E-state index contributed by atoms with van der Waals surface area (Å²) in [6.45, 7) is 1.45. The highest BCUT2D eigenvalue weighted by Crippen LogP contribution is 2.31. The molecule has 0 fully saturated rings. The average Bonchev–Trinajstić information content (AvgIpc) is 3.23. The Hall–Kier alpha value is -3.62. The molecule has 2 heterocycles. The van der Waals surface area contributed by atoms with E-state index in [0.717, 1.165) is 11.4 Å². The molecule has 7 nitrogen and oxygen atoms in total. The van der Waals surface area contributed by atoms with Crippen LogP contribution in [0.3, 0.4) is 0 Å². The molecule has 0 aliphatic rings. The van der Waals surface area contributed by atoms with Crippen molar-refractivity contribution >= 4 is 11.6 Å². The fourth-order valence-electron chi connectivity index (χ4n) is 3.53. The van der Waals surface area contributed by atoms with Crippen LogP contribution in [0.2, 0.25) is 5.02 Å². The number of pyridine rings is 1. The second-order valence-corrected chi connectivity index (χ2v) is 7.78. The van der Waals surface area contributed by atoms with Crippen molar-refractivity contribution in [1.29, 1.82) is 0 Å². The minimum Gasteiger partial charge on any atom is -0.494 e. The molecule has 4 aromatic rings. The first kappa shape index (κ1) is 22.6. The molecular weight excluding hydrogens is 449 g/mol. The fraction of sp³-hybridized carbons (Fsp3) is 0.167. The first-order valence-corrected chi connectivity index (χ1v) is 10.4. The van der Waals surface area contributed by atoms with Crippen molar-refractivity contribution in [3.05, 3.63) is 99.7 Å². The number of methoxy groups -OCH3 is 1. The molecule has 0 unspecified atom stereocenters. The maximum atomic E-state index is 13.7. The van der Waals surface area contributed by atoms with Gasteiger partial charge in [-0.2, -0.15) is 0 Å². The number of halogens is 2. The molecule has 9 heteroatoms. The number of aliphatic hydroxyl groups excluding tert-OH is 1. The summed E-state index contributed by atoms with van der Waals surface area (Å²) in [5.41, 5.74) is 1.50. The topological polar surface area (TPSA) is 78.5 Å². The number of nitrogens with zero attached hydrogens (tertiary/aromatic N) is 3. The Morgan fingerprint density at radius 3 is 2.64 bits per heavy atom. The molecule has 0 spiro atoms. The van der Waals surface area contributed by atoms with Gasteiger partial charge in [0.15, 0.2) is 5.75 Å². The number of aryl methyl sites for hydroxylation is 1. The molecule has 0 aliphatic carbocycles. The van der Waals surface area contributed by atoms with Crippen LogP contribution in [0.4, 0.5) is 4.39 Å². The minimum absolute atomic E-state index is 0.0503. The fourth-order valence-corrected chi connectivity index (χ4v) is 3.73. The van der Waals surface area contributed by atoms with E-state index in [0.29, 0.717) is 17.1 Å². The molecule has 0 saturated heterocycles. The van der Waals surface area contributed by atoms with E-state index in [1.54, 1.807) is 30.6 Å². The van der Waals surface area contributed by atoms with E-state index in [9.17, 15) is 14.3 Å². The van der Waals surface area contributed by atoms with Crippen LogP contribution in [-0.2, 0) is 0 Å². The standard InChI is InChI=1S/C24H21ClFN3O4/c1-15-11-28(14-27-15)20-7-6-19(10-22(20)32-2)33-23-9-17(25)12-29(24(23)31)21(13-30)16-4-3-5-18(26)8-16/h3-12,14,21,30H,13H2,1-2H3/t21-/m0/s1. The highest BCUT2D eigenvalue weighted by molar-refractivity contribution is 6.30. The van der Waals surface area contributed by atoms with E-state index in [-0.39, 0.29) is 10.8 Å². The average molecular weight is 470 g/mol. The maximum absolute atomic E-state index is 13.7. The lowest BCUT2D eigenvalue weighted by atomic mass is 10.1. The summed E-state index contributed by atoms with van der Waals surface area (Å²) < 4.78 is 28.1. The molecular formula is C24H21ClFN3O4. The molecule has 4 rings (SSSR count). The van der Waals surface area contributed by atoms with Gasteiger partial charge in [-0.15, -0.1) is 0 Å². The summed E-state index contributed by atoms with van der Waals surface area (Å²) in [7, 11) is 1.53. The van der Waals surface area contributed by atoms with E-state index in [2.05, 4.69) is 4.98 Å². The Bertz CT molecular complexity index is 1350. The van der Waals surface area contributed by atoms with Crippen LogP contribution in [0, 0.1) is 12.7 Å². The Morgan fingerprint density at radius 2 is 1.97 bits per heavy atom. The van der Waals surface area contributed by atoms with Crippen LogP contribution in [0.1, 0.15) is 17.3 Å². The summed E-state index contributed by atoms with van der Waals surface area (Å²) in [6.07, 6.45) is 4.91. The molecule has 0 bridgehead atoms. The van der Waals surface area contributed by atoms with Crippen molar-refractivity contribution in [2.45, 2.75) is 13.0 Å². The number of ether oxygens (including phenoxy) is 2. The monoisotopic (exact) mass is 469 g/mol. The van der Waals surface area contributed by atoms with Gasteiger partial charge in [0.1, 0.15) is 17.3 Å². The Balaban J connectivity index is 1.71. The Labute approximate surface area is 194 Å². The third kappa shape index (κ3) is 4.76. The zero-order valence-corrected chi connectivity index (χ0v) is 18.7. The number of imidazole rings is 1. The van der Waals surface area contributed by atoms with E-state index in [1.165, 1.54) is 42.1 Å². The number of aromatic nitrogens is 3. The second kappa shape index (κ2) is 9.48. The Morgan fingerprint density at radius 1 is 1.15 bits per heavy atom. The Kier molecular flexibility index (Phi) is 6.48. The van der Waals surface area contributed by atoms with Crippen LogP contribution in [-0.4, -0.2) is 32.9 Å². The van der Waals surface area contributed by atoms with Crippen molar-refractivity contribution < 1.29 is 19.0 Å². The number of hydrogen-bond acceptors (Lipinski definition) is 5. The summed E-state index contributed by atoms with van der Waals surface area (Å²) >= 11 is 6.24. The van der Waals surface area contributed by atoms with Crippen LogP contribution in [0.25, 0.3) is 5.69 Å². The molecule has 2 aromatic heterocycles. The zero-order chi connectivity index (χ0) is 23.5. The number of benzene rings is 2. The van der Waals surface area contributed by atoms with Gasteiger partial charge in [0.2, 0.25) is 0 Å². The summed E-state index contributed by atoms with van der Waals surface area (Å²) in [6, 6.07) is 11.3. The SMILES string of the molecule is COc1cc(Oc2cc(Cl)cn([C@@H](CO)c3cccc(F)c3)c2=O)ccc1-n1cnc(C)c1. The van der Waals surface area contributed by atoms with Gasteiger partial charge in [-0.3, -0.25) is 4.79 Å². The van der Waals surface area contributed by atoms with Gasteiger partial charge in [-0.25, -0.2) is 9.37 Å². The van der Waals surface area contributed by atoms with Crippen LogP contribution >= 0.6 is 11.6 Å². The van der Waals surface area contributed by atoms with E-state index >= 15 is 0 Å². The predicted molar refractivity (Wildman–Crippen MR) is 122 cm³/mol. The lowest BCUT2D eigenvalue weighted by Crippen LogP contribution is -2.28. The van der Waals surface area contributed by atoms with Crippen LogP contribution in [0.15, 0.2) is 72.0 Å². The zero-order valence-electron chi connectivity index (χ0n) is 17.9. The molecule has 0 amide bonds. The minimum atomic E-state index is -0.837. The van der Waals surface area contributed by atoms with E-state index in [4.69, 9.17) is 21.1 Å². The van der Waals surface area contributed by atoms with Gasteiger partial charge in [-0.05, 0) is 36.8 Å². The summed E-state index contributed by atoms with van der Waals surface area (Å²) in [5.74, 6) is 0.341. The third-order valence-electron chi connectivity index (χ3n) is 5.09. The number of rotatable bonds is 7. The highest BCUT2D eigenvalue weighted by atomic mass is 35.5. The second-order valence-electron chi connectivity index (χ2n) is 7.35. The highest BCUT2D eigenvalue weighted by Gasteiger charge is 2.19. The first-order valence-electron chi connectivity index (χ1n) is 10.0. The largest absolute Gasteiger partial charge is 0.494 e. The predicted octanol–water partition coefficient (Wildman–Crippen LogP) is 4.52. The molecule has 1 atom stereocenters. The smallest absolute Gasteiger partial charge is 0.294 e. The maximum Gasteiger partial charge on any atom is 0.294 e. The van der Waals surface area contributed by atoms with Crippen molar-refractivity contribution in [3.63, 3.8) is 0 Å². The van der Waals surface area contributed by atoms with Crippen molar-refractivity contribution in [3.8, 4) is 22.9 Å². The van der Waals surface area contributed by atoms with Crippen molar-refractivity contribution in [2.75, 3.05) is 13.7 Å². The summed E-state index contributed by atoms with van der Waals surface area (Å²) in [4.78, 5) is 17.4. The molecule has 170 valence electrons. The van der Waals surface area contributed by atoms with Gasteiger partial charge in [0.05, 0.1) is 42.5 Å². The van der Waals surface area contributed by atoms with Gasteiger partial charge < -0.3 is 23.7 Å². The molecule has 2 aromatic carbocycles. The van der Waals surface area contributed by atoms with Crippen LogP contribution < -0.4 is 15.0 Å². The van der Waals surface area contributed by atoms with Crippen molar-refractivity contribution in [1.82, 2.24) is 14.1 Å². The lowest BCUT2D eigenvalue weighted by Gasteiger charge is -2.20. The third-order valence-corrected chi connectivity index (χ3v) is 5.29. The van der Waals surface area contributed by atoms with Gasteiger partial charge in [0.25, 0.3) is 5.56 Å². The quantitative estimate of drug-likeness (QED) is 0.430. The first-order chi connectivity index (χ1) is 15.9. The molecule has 0 aliphatic heterocycles. The van der Waals surface area contributed by atoms with Gasteiger partial charge >= 0.3 is 0 Å². The lowest BCUT2D eigenvalue weighted by molar-refractivity contribution is 0.245. The molecule has 0 saturated carbocycles. The molecule has 1 N–H and O–H groups in total. The molecule has 33 heavy (non-hydrogen) atoms. The van der Waals surface area contributed by atoms with Gasteiger partial charge in [0, 0.05) is 24.5 Å². The van der Waals surface area contributed by atoms with Crippen molar-refractivity contribution in [2.24, 2.45) is 0 Å². The summed E-state index contributed by atoms with van der Waals surface area (Å²) in [5, 5.41) is 10.2. The normalized spacial score (nSPS) is 11.9. The molecule has 0 radical (unpaired) electrons.